The molecule has 0 amide bonds. The van der Waals surface area contributed by atoms with Crippen LogP contribution in [-0.4, -0.2) is 9.78 Å². The first-order valence-corrected chi connectivity index (χ1v) is 7.44. The molecule has 0 spiro atoms. The predicted molar refractivity (Wildman–Crippen MR) is 71.0 cm³/mol. The van der Waals surface area contributed by atoms with E-state index in [9.17, 15) is 0 Å². The second kappa shape index (κ2) is 3.60. The van der Waals surface area contributed by atoms with E-state index in [-0.39, 0.29) is 0 Å². The second-order valence-corrected chi connectivity index (χ2v) is 7.01. The van der Waals surface area contributed by atoms with Crippen LogP contribution in [0.2, 0.25) is 0 Å². The second-order valence-electron chi connectivity index (χ2n) is 7.01. The van der Waals surface area contributed by atoms with Crippen LogP contribution in [0.5, 0.6) is 0 Å². The summed E-state index contributed by atoms with van der Waals surface area (Å²) >= 11 is 0. The Hall–Kier alpha value is -0.830. The first-order valence-electron chi connectivity index (χ1n) is 7.44. The molecule has 2 N–H and O–H groups in total. The molecule has 0 unspecified atom stereocenters. The van der Waals surface area contributed by atoms with Crippen molar-refractivity contribution in [1.82, 2.24) is 9.78 Å². The fraction of sp³-hybridized carbons (Fsp3) is 0.800. The standard InChI is InChI=1S/C15H23N3/c1-10-14(8-16)9-17-18(10)15-5-11-2-12(6-15)4-13(3-11)7-15/h9,11-13H,2-8,16H2,1H3. The van der Waals surface area contributed by atoms with Crippen molar-refractivity contribution in [3.63, 3.8) is 0 Å². The number of nitrogens with zero attached hydrogens (tertiary/aromatic N) is 2. The molecule has 3 heteroatoms. The van der Waals surface area contributed by atoms with E-state index in [2.05, 4.69) is 11.6 Å². The van der Waals surface area contributed by atoms with Crippen LogP contribution >= 0.6 is 0 Å². The van der Waals surface area contributed by atoms with E-state index in [4.69, 9.17) is 10.8 Å². The third-order valence-corrected chi connectivity index (χ3v) is 5.79. The maximum absolute atomic E-state index is 5.80. The van der Waals surface area contributed by atoms with Crippen molar-refractivity contribution in [3.8, 4) is 0 Å². The third kappa shape index (κ3) is 1.37. The molecule has 0 saturated heterocycles. The van der Waals surface area contributed by atoms with Crippen LogP contribution in [0.3, 0.4) is 0 Å². The highest BCUT2D eigenvalue weighted by Gasteiger charge is 2.52. The molecule has 0 aromatic carbocycles. The number of aromatic nitrogens is 2. The molecule has 18 heavy (non-hydrogen) atoms. The summed E-state index contributed by atoms with van der Waals surface area (Å²) in [5, 5.41) is 4.71. The van der Waals surface area contributed by atoms with Gasteiger partial charge in [0.15, 0.2) is 0 Å². The molecule has 4 bridgehead atoms. The average Bonchev–Trinajstić information content (AvgIpc) is 2.69. The van der Waals surface area contributed by atoms with Gasteiger partial charge in [0.25, 0.3) is 0 Å². The maximum atomic E-state index is 5.80. The Morgan fingerprint density at radius 3 is 2.22 bits per heavy atom. The quantitative estimate of drug-likeness (QED) is 0.870. The molecule has 4 aliphatic rings. The van der Waals surface area contributed by atoms with Gasteiger partial charge >= 0.3 is 0 Å². The van der Waals surface area contributed by atoms with Crippen LogP contribution in [0.25, 0.3) is 0 Å². The van der Waals surface area contributed by atoms with Crippen LogP contribution in [-0.2, 0) is 12.1 Å². The van der Waals surface area contributed by atoms with Crippen molar-refractivity contribution in [3.05, 3.63) is 17.5 Å². The highest BCUT2D eigenvalue weighted by Crippen LogP contribution is 2.58. The Morgan fingerprint density at radius 2 is 1.78 bits per heavy atom. The van der Waals surface area contributed by atoms with Gasteiger partial charge in [-0.15, -0.1) is 0 Å². The highest BCUT2D eigenvalue weighted by atomic mass is 15.3. The van der Waals surface area contributed by atoms with Crippen LogP contribution in [0.15, 0.2) is 6.20 Å². The summed E-state index contributed by atoms with van der Waals surface area (Å²) in [5.74, 6) is 2.92. The normalized spacial score (nSPS) is 41.6. The van der Waals surface area contributed by atoms with Crippen LogP contribution < -0.4 is 5.73 Å². The zero-order valence-corrected chi connectivity index (χ0v) is 11.2. The number of hydrogen-bond donors (Lipinski definition) is 1. The molecule has 5 rings (SSSR count). The zero-order chi connectivity index (χ0) is 12.3. The summed E-state index contributed by atoms with van der Waals surface area (Å²) in [6.45, 7) is 2.83. The Bertz CT molecular complexity index is 439. The van der Waals surface area contributed by atoms with Gasteiger partial charge in [0.05, 0.1) is 11.7 Å². The Kier molecular flexibility index (Phi) is 2.20. The number of nitrogens with two attached hydrogens (primary N) is 1. The SMILES string of the molecule is Cc1c(CN)cnn1C12CC3CC(CC(C3)C1)C2. The minimum absolute atomic E-state index is 0.353. The minimum Gasteiger partial charge on any atom is -0.326 e. The largest absolute Gasteiger partial charge is 0.326 e. The molecule has 4 saturated carbocycles. The van der Waals surface area contributed by atoms with E-state index in [1.165, 1.54) is 49.8 Å². The van der Waals surface area contributed by atoms with Crippen molar-refractivity contribution in [2.75, 3.05) is 0 Å². The summed E-state index contributed by atoms with van der Waals surface area (Å²) in [4.78, 5) is 0. The molecule has 0 radical (unpaired) electrons. The fourth-order valence-corrected chi connectivity index (χ4v) is 5.45. The Balaban J connectivity index is 1.76. The van der Waals surface area contributed by atoms with Gasteiger partial charge in [0.2, 0.25) is 0 Å². The molecule has 1 aromatic rings. The molecular weight excluding hydrogens is 222 g/mol. The van der Waals surface area contributed by atoms with Crippen molar-refractivity contribution in [2.45, 2.75) is 57.5 Å². The lowest BCUT2D eigenvalue weighted by atomic mass is 9.53. The van der Waals surface area contributed by atoms with Crippen LogP contribution in [0, 0.1) is 24.7 Å². The summed E-state index contributed by atoms with van der Waals surface area (Å²) in [5.41, 5.74) is 8.70. The zero-order valence-electron chi connectivity index (χ0n) is 11.2. The van der Waals surface area contributed by atoms with Gasteiger partial charge in [0, 0.05) is 17.8 Å². The summed E-state index contributed by atoms with van der Waals surface area (Å²) < 4.78 is 2.36. The van der Waals surface area contributed by atoms with Gasteiger partial charge in [-0.05, 0) is 63.2 Å². The minimum atomic E-state index is 0.353. The Labute approximate surface area is 109 Å². The Morgan fingerprint density at radius 1 is 1.22 bits per heavy atom. The summed E-state index contributed by atoms with van der Waals surface area (Å²) in [7, 11) is 0. The molecule has 0 aliphatic heterocycles. The first-order chi connectivity index (χ1) is 8.70. The molecule has 3 nitrogen and oxygen atoms in total. The molecule has 4 fully saturated rings. The molecule has 1 aromatic heterocycles. The van der Waals surface area contributed by atoms with Gasteiger partial charge in [-0.1, -0.05) is 0 Å². The van der Waals surface area contributed by atoms with Gasteiger partial charge in [0.1, 0.15) is 0 Å². The van der Waals surface area contributed by atoms with Crippen molar-refractivity contribution in [1.29, 1.82) is 0 Å². The van der Waals surface area contributed by atoms with Gasteiger partial charge in [-0.2, -0.15) is 5.10 Å². The molecular formula is C15H23N3. The lowest BCUT2D eigenvalue weighted by Gasteiger charge is -2.57. The molecule has 98 valence electrons. The molecule has 1 heterocycles. The van der Waals surface area contributed by atoms with E-state index < -0.39 is 0 Å². The van der Waals surface area contributed by atoms with E-state index >= 15 is 0 Å². The highest BCUT2D eigenvalue weighted by molar-refractivity contribution is 5.19. The van der Waals surface area contributed by atoms with Gasteiger partial charge in [-0.25, -0.2) is 0 Å². The smallest absolute Gasteiger partial charge is 0.0638 e. The van der Waals surface area contributed by atoms with E-state index in [0.29, 0.717) is 12.1 Å². The van der Waals surface area contributed by atoms with E-state index in [1.807, 2.05) is 6.20 Å². The van der Waals surface area contributed by atoms with Crippen LogP contribution in [0.4, 0.5) is 0 Å². The molecule has 4 aliphatic carbocycles. The van der Waals surface area contributed by atoms with E-state index in [0.717, 1.165) is 17.8 Å². The first kappa shape index (κ1) is 11.0. The topological polar surface area (TPSA) is 43.8 Å². The van der Waals surface area contributed by atoms with Crippen LogP contribution in [0.1, 0.15) is 49.8 Å². The third-order valence-electron chi connectivity index (χ3n) is 5.79. The number of hydrogen-bond acceptors (Lipinski definition) is 2. The summed E-state index contributed by atoms with van der Waals surface area (Å²) in [6.07, 6.45) is 10.6. The predicted octanol–water partition coefficient (Wildman–Crippen LogP) is 2.58. The lowest BCUT2D eigenvalue weighted by molar-refractivity contribution is -0.0504. The average molecular weight is 245 g/mol. The van der Waals surface area contributed by atoms with E-state index in [1.54, 1.807) is 0 Å². The monoisotopic (exact) mass is 245 g/mol. The fourth-order valence-electron chi connectivity index (χ4n) is 5.45. The lowest BCUT2D eigenvalue weighted by Crippen LogP contribution is -2.52. The van der Waals surface area contributed by atoms with Gasteiger partial charge < -0.3 is 5.73 Å². The maximum Gasteiger partial charge on any atom is 0.0638 e. The summed E-state index contributed by atoms with van der Waals surface area (Å²) in [6, 6.07) is 0. The van der Waals surface area contributed by atoms with Crippen molar-refractivity contribution in [2.24, 2.45) is 23.5 Å². The molecule has 0 atom stereocenters. The number of rotatable bonds is 2. The van der Waals surface area contributed by atoms with Crippen molar-refractivity contribution >= 4 is 0 Å². The van der Waals surface area contributed by atoms with Gasteiger partial charge in [-0.3, -0.25) is 4.68 Å². The van der Waals surface area contributed by atoms with Crippen molar-refractivity contribution < 1.29 is 0 Å².